The number of carbonyl (C=O) groups is 2. The van der Waals surface area contributed by atoms with Crippen LogP contribution in [0.2, 0.25) is 45.8 Å². The Labute approximate surface area is 142 Å². The van der Waals surface area contributed by atoms with Gasteiger partial charge in [-0.15, -0.1) is 0 Å². The summed E-state index contributed by atoms with van der Waals surface area (Å²) < 4.78 is 12.4. The molecule has 6 nitrogen and oxygen atoms in total. The maximum Gasteiger partial charge on any atom is 0.356 e. The molecule has 0 unspecified atom stereocenters. The van der Waals surface area contributed by atoms with Gasteiger partial charge in [-0.1, -0.05) is 13.3 Å². The molecule has 0 aromatic carbocycles. The van der Waals surface area contributed by atoms with Crippen LogP contribution in [-0.4, -0.2) is 47.3 Å². The number of rotatable bonds is 9. The third-order valence-electron chi connectivity index (χ3n) is 2.73. The van der Waals surface area contributed by atoms with Crippen molar-refractivity contribution in [3.8, 4) is 0 Å². The van der Waals surface area contributed by atoms with Gasteiger partial charge in [0.15, 0.2) is 16.6 Å². The van der Waals surface area contributed by atoms with Crippen LogP contribution < -0.4 is 0 Å². The van der Waals surface area contributed by atoms with Gasteiger partial charge in [0, 0.05) is 5.57 Å². The van der Waals surface area contributed by atoms with Crippen molar-refractivity contribution in [3.05, 3.63) is 10.8 Å². The summed E-state index contributed by atoms with van der Waals surface area (Å²) in [4.78, 5) is 23.5. The third kappa shape index (κ3) is 7.57. The molecule has 0 rings (SSSR count). The summed E-state index contributed by atoms with van der Waals surface area (Å²) in [7, 11) is -7.63. The van der Waals surface area contributed by atoms with Crippen LogP contribution >= 0.6 is 0 Å². The first-order valence-electron chi connectivity index (χ1n) is 7.73. The van der Waals surface area contributed by atoms with Crippen LogP contribution in [0.1, 0.15) is 19.8 Å². The van der Waals surface area contributed by atoms with Gasteiger partial charge in [-0.2, -0.15) is 0 Å². The van der Waals surface area contributed by atoms with Crippen LogP contribution in [0.15, 0.2) is 10.8 Å². The Morgan fingerprint density at radius 1 is 0.826 bits per heavy atom. The van der Waals surface area contributed by atoms with E-state index >= 15 is 0 Å². The summed E-state index contributed by atoms with van der Waals surface area (Å²) in [6.45, 7) is 15.2. The Morgan fingerprint density at radius 2 is 1.22 bits per heavy atom. The number of carboxylic acid groups (broad SMARTS) is 2. The quantitative estimate of drug-likeness (QED) is 0.470. The van der Waals surface area contributed by atoms with E-state index in [1.807, 2.05) is 46.2 Å². The van der Waals surface area contributed by atoms with Crippen molar-refractivity contribution in [2.45, 2.75) is 65.6 Å². The van der Waals surface area contributed by atoms with E-state index in [-0.39, 0.29) is 17.2 Å². The Bertz CT molecular complexity index is 472. The zero-order chi connectivity index (χ0) is 18.6. The van der Waals surface area contributed by atoms with E-state index in [2.05, 4.69) is 0 Å². The molecule has 23 heavy (non-hydrogen) atoms. The van der Waals surface area contributed by atoms with Gasteiger partial charge in [0.05, 0.1) is 5.20 Å². The second-order valence-electron chi connectivity index (χ2n) is 7.59. The first-order chi connectivity index (χ1) is 10.1. The standard InChI is InChI=1S/C14H30O6Si3/c1-9-10-11(13(15)16)12(14(17)18)23(8,19-21(2,3)4)20-22(5,6)7/h9-10H2,1-8H3,(H,15,16)(H,17,18)/b12-11-. The van der Waals surface area contributed by atoms with Gasteiger partial charge >= 0.3 is 20.5 Å². The van der Waals surface area contributed by atoms with Gasteiger partial charge in [-0.3, -0.25) is 0 Å². The number of carboxylic acids is 2. The molecule has 0 aromatic rings. The summed E-state index contributed by atoms with van der Waals surface area (Å²) in [5, 5.41) is 19.1. The average Bonchev–Trinajstić information content (AvgIpc) is 2.21. The highest BCUT2D eigenvalue weighted by atomic mass is 28.5. The fourth-order valence-corrected chi connectivity index (χ4v) is 14.4. The van der Waals surface area contributed by atoms with E-state index in [0.29, 0.717) is 6.42 Å². The van der Waals surface area contributed by atoms with Crippen LogP contribution in [-0.2, 0) is 17.8 Å². The lowest BCUT2D eigenvalue weighted by Gasteiger charge is -2.39. The van der Waals surface area contributed by atoms with Gasteiger partial charge in [-0.05, 0) is 52.2 Å². The molecule has 0 amide bonds. The molecular formula is C14H30O6Si3. The van der Waals surface area contributed by atoms with Crippen LogP contribution in [0.3, 0.4) is 0 Å². The molecule has 9 heteroatoms. The van der Waals surface area contributed by atoms with Crippen molar-refractivity contribution in [3.63, 3.8) is 0 Å². The predicted octanol–water partition coefficient (Wildman–Crippen LogP) is 3.57. The number of hydrogen-bond acceptors (Lipinski definition) is 4. The Kier molecular flexibility index (Phi) is 7.63. The highest BCUT2D eigenvalue weighted by Crippen LogP contribution is 2.30. The maximum absolute atomic E-state index is 11.9. The van der Waals surface area contributed by atoms with E-state index in [0.717, 1.165) is 0 Å². The minimum Gasteiger partial charge on any atom is -0.478 e. The van der Waals surface area contributed by atoms with E-state index in [1.54, 1.807) is 6.55 Å². The molecule has 0 saturated carbocycles. The van der Waals surface area contributed by atoms with Gasteiger partial charge < -0.3 is 18.4 Å². The molecule has 0 aliphatic carbocycles. The fraction of sp³-hybridized carbons (Fsp3) is 0.714. The second kappa shape index (κ2) is 7.88. The highest BCUT2D eigenvalue weighted by Gasteiger charge is 2.49. The number of hydrogen-bond donors (Lipinski definition) is 2. The molecule has 0 radical (unpaired) electrons. The first-order valence-corrected chi connectivity index (χ1v) is 16.9. The van der Waals surface area contributed by atoms with E-state index < -0.39 is 37.1 Å². The molecule has 0 fully saturated rings. The topological polar surface area (TPSA) is 93.1 Å². The molecule has 2 N–H and O–H groups in total. The third-order valence-corrected chi connectivity index (χ3v) is 12.2. The largest absolute Gasteiger partial charge is 0.478 e. The summed E-state index contributed by atoms with van der Waals surface area (Å²) in [6.07, 6.45) is 0.729. The molecule has 0 aliphatic rings. The maximum atomic E-state index is 11.9. The van der Waals surface area contributed by atoms with Crippen molar-refractivity contribution in [2.75, 3.05) is 0 Å². The van der Waals surface area contributed by atoms with Crippen molar-refractivity contribution in [1.82, 2.24) is 0 Å². The van der Waals surface area contributed by atoms with Crippen LogP contribution in [0.5, 0.6) is 0 Å². The molecule has 0 spiro atoms. The number of aliphatic carboxylic acids is 2. The average molecular weight is 379 g/mol. The monoisotopic (exact) mass is 378 g/mol. The smallest absolute Gasteiger partial charge is 0.356 e. The zero-order valence-corrected chi connectivity index (χ0v) is 18.4. The lowest BCUT2D eigenvalue weighted by atomic mass is 10.1. The predicted molar refractivity (Wildman–Crippen MR) is 97.7 cm³/mol. The minimum absolute atomic E-state index is 0.0920. The van der Waals surface area contributed by atoms with Gasteiger partial charge in [0.25, 0.3) is 0 Å². The van der Waals surface area contributed by atoms with Crippen LogP contribution in [0, 0.1) is 0 Å². The fourth-order valence-electron chi connectivity index (χ4n) is 2.48. The molecule has 134 valence electrons. The Hall–Kier alpha value is -0.749. The van der Waals surface area contributed by atoms with Crippen LogP contribution in [0.4, 0.5) is 0 Å². The molecule has 0 bridgehead atoms. The highest BCUT2D eigenvalue weighted by molar-refractivity contribution is 6.93. The van der Waals surface area contributed by atoms with E-state index in [4.69, 9.17) is 8.23 Å². The normalized spacial score (nSPS) is 14.4. The van der Waals surface area contributed by atoms with Crippen molar-refractivity contribution in [2.24, 2.45) is 0 Å². The SMILES string of the molecule is CCC/C(C(=O)O)=C(\C(=O)O)[Si](C)(O[Si](C)(C)C)O[Si](C)(C)C. The van der Waals surface area contributed by atoms with Gasteiger partial charge in [-0.25, -0.2) is 9.59 Å². The molecule has 0 aromatic heterocycles. The molecular weight excluding hydrogens is 348 g/mol. The molecule has 0 heterocycles. The molecule has 0 atom stereocenters. The van der Waals surface area contributed by atoms with Crippen molar-refractivity contribution < 1.29 is 28.0 Å². The van der Waals surface area contributed by atoms with E-state index in [1.165, 1.54) is 0 Å². The minimum atomic E-state index is -3.35. The van der Waals surface area contributed by atoms with Gasteiger partial charge in [0.2, 0.25) is 0 Å². The molecule has 0 aliphatic heterocycles. The van der Waals surface area contributed by atoms with Crippen LogP contribution in [0.25, 0.3) is 0 Å². The lowest BCUT2D eigenvalue weighted by Crippen LogP contribution is -2.56. The second-order valence-corrected chi connectivity index (χ2v) is 20.1. The Morgan fingerprint density at radius 3 is 1.43 bits per heavy atom. The molecule has 0 saturated heterocycles. The first kappa shape index (κ1) is 22.3. The lowest BCUT2D eigenvalue weighted by molar-refractivity contribution is -0.135. The summed E-state index contributed by atoms with van der Waals surface area (Å²) in [6, 6.07) is 0. The summed E-state index contributed by atoms with van der Waals surface area (Å²) in [5.74, 6) is -2.46. The van der Waals surface area contributed by atoms with Gasteiger partial charge in [0.1, 0.15) is 0 Å². The van der Waals surface area contributed by atoms with Crippen molar-refractivity contribution in [1.29, 1.82) is 0 Å². The Balaban J connectivity index is 6.40. The van der Waals surface area contributed by atoms with Crippen molar-refractivity contribution >= 4 is 37.1 Å². The summed E-state index contributed by atoms with van der Waals surface area (Å²) >= 11 is 0. The zero-order valence-electron chi connectivity index (χ0n) is 15.4. The van der Waals surface area contributed by atoms with E-state index in [9.17, 15) is 19.8 Å². The summed E-state index contributed by atoms with van der Waals surface area (Å²) in [5.41, 5.74) is -0.0920.